The lowest BCUT2D eigenvalue weighted by atomic mass is 10.1. The molecule has 1 aromatic rings. The lowest BCUT2D eigenvalue weighted by Gasteiger charge is -2.39. The van der Waals surface area contributed by atoms with Crippen molar-refractivity contribution in [2.45, 2.75) is 25.5 Å². The summed E-state index contributed by atoms with van der Waals surface area (Å²) >= 11 is 0. The summed E-state index contributed by atoms with van der Waals surface area (Å²) in [6.07, 6.45) is -0.182. The Morgan fingerprint density at radius 2 is 1.92 bits per heavy atom. The molecular formula is C16H18FN3O4. The van der Waals surface area contributed by atoms with Gasteiger partial charge in [-0.25, -0.2) is 9.18 Å². The van der Waals surface area contributed by atoms with Crippen LogP contribution >= 0.6 is 0 Å². The number of halogens is 1. The maximum Gasteiger partial charge on any atom is 0.325 e. The van der Waals surface area contributed by atoms with Gasteiger partial charge < -0.3 is 15.0 Å². The van der Waals surface area contributed by atoms with E-state index in [9.17, 15) is 18.8 Å². The third-order valence-electron chi connectivity index (χ3n) is 4.05. The molecule has 2 saturated heterocycles. The molecule has 2 aliphatic heterocycles. The zero-order valence-corrected chi connectivity index (χ0v) is 13.4. The van der Waals surface area contributed by atoms with E-state index in [2.05, 4.69) is 5.32 Å². The SMILES string of the molecule is CC1(C)NC(=O)N(CC(=O)N2CC(Oc3ccc(F)cc3)C2)C1=O. The summed E-state index contributed by atoms with van der Waals surface area (Å²) in [7, 11) is 0. The van der Waals surface area contributed by atoms with E-state index in [1.807, 2.05) is 0 Å². The molecule has 2 aliphatic rings. The molecule has 0 aromatic heterocycles. The van der Waals surface area contributed by atoms with Gasteiger partial charge in [-0.2, -0.15) is 0 Å². The molecule has 1 aromatic carbocycles. The summed E-state index contributed by atoms with van der Waals surface area (Å²) in [6.45, 7) is 3.63. The number of likely N-dealkylation sites (tertiary alicyclic amines) is 1. The van der Waals surface area contributed by atoms with Crippen molar-refractivity contribution in [3.05, 3.63) is 30.1 Å². The number of carbonyl (C=O) groups is 3. The molecule has 0 aliphatic carbocycles. The van der Waals surface area contributed by atoms with Crippen LogP contribution in [0, 0.1) is 5.82 Å². The number of urea groups is 1. The minimum Gasteiger partial charge on any atom is -0.487 e. The van der Waals surface area contributed by atoms with E-state index >= 15 is 0 Å². The van der Waals surface area contributed by atoms with Gasteiger partial charge in [-0.1, -0.05) is 0 Å². The van der Waals surface area contributed by atoms with Gasteiger partial charge in [0.2, 0.25) is 5.91 Å². The number of benzene rings is 1. The summed E-state index contributed by atoms with van der Waals surface area (Å²) in [5.74, 6) is -0.538. The van der Waals surface area contributed by atoms with E-state index in [1.54, 1.807) is 13.8 Å². The van der Waals surface area contributed by atoms with Gasteiger partial charge in [0.1, 0.15) is 29.8 Å². The Morgan fingerprint density at radius 3 is 2.46 bits per heavy atom. The molecule has 8 heteroatoms. The van der Waals surface area contributed by atoms with Crippen LogP contribution in [-0.2, 0) is 9.59 Å². The van der Waals surface area contributed by atoms with E-state index in [-0.39, 0.29) is 24.4 Å². The van der Waals surface area contributed by atoms with Gasteiger partial charge in [-0.3, -0.25) is 14.5 Å². The van der Waals surface area contributed by atoms with E-state index in [1.165, 1.54) is 29.2 Å². The summed E-state index contributed by atoms with van der Waals surface area (Å²) in [6, 6.07) is 5.09. The van der Waals surface area contributed by atoms with Crippen LogP contribution < -0.4 is 10.1 Å². The van der Waals surface area contributed by atoms with Crippen molar-refractivity contribution >= 4 is 17.8 Å². The Bertz CT molecular complexity index is 683. The van der Waals surface area contributed by atoms with Gasteiger partial charge in [-0.05, 0) is 38.1 Å². The Balaban J connectivity index is 1.49. The van der Waals surface area contributed by atoms with Crippen molar-refractivity contribution in [2.24, 2.45) is 0 Å². The molecule has 1 N–H and O–H groups in total. The van der Waals surface area contributed by atoms with Gasteiger partial charge in [0, 0.05) is 0 Å². The van der Waals surface area contributed by atoms with Crippen LogP contribution in [0.15, 0.2) is 24.3 Å². The molecule has 24 heavy (non-hydrogen) atoms. The smallest absolute Gasteiger partial charge is 0.325 e. The fraction of sp³-hybridized carbons (Fsp3) is 0.438. The fourth-order valence-electron chi connectivity index (χ4n) is 2.62. The Hall–Kier alpha value is -2.64. The van der Waals surface area contributed by atoms with Crippen molar-refractivity contribution in [3.8, 4) is 5.75 Å². The predicted molar refractivity (Wildman–Crippen MR) is 81.7 cm³/mol. The standard InChI is InChI=1S/C16H18FN3O4/c1-16(2)14(22)20(15(23)18-16)9-13(21)19-7-12(8-19)24-11-5-3-10(17)4-6-11/h3-6,12H,7-9H2,1-2H3,(H,18,23). The third-order valence-corrected chi connectivity index (χ3v) is 4.05. The van der Waals surface area contributed by atoms with Gasteiger partial charge in [-0.15, -0.1) is 0 Å². The number of imide groups is 1. The number of hydrogen-bond acceptors (Lipinski definition) is 4. The summed E-state index contributed by atoms with van der Waals surface area (Å²) in [5.41, 5.74) is -0.986. The number of hydrogen-bond donors (Lipinski definition) is 1. The first kappa shape index (κ1) is 16.2. The second-order valence-corrected chi connectivity index (χ2v) is 6.44. The van der Waals surface area contributed by atoms with Crippen LogP contribution in [-0.4, -0.2) is 58.9 Å². The summed E-state index contributed by atoms with van der Waals surface area (Å²) in [5, 5.41) is 2.53. The molecule has 0 atom stereocenters. The Kier molecular flexibility index (Phi) is 3.90. The van der Waals surface area contributed by atoms with Crippen molar-refractivity contribution in [3.63, 3.8) is 0 Å². The van der Waals surface area contributed by atoms with E-state index in [0.717, 1.165) is 4.90 Å². The van der Waals surface area contributed by atoms with Crippen LogP contribution in [0.3, 0.4) is 0 Å². The first-order chi connectivity index (χ1) is 11.3. The predicted octanol–water partition coefficient (Wildman–Crippen LogP) is 0.746. The van der Waals surface area contributed by atoms with Crippen molar-refractivity contribution in [2.75, 3.05) is 19.6 Å². The van der Waals surface area contributed by atoms with Crippen molar-refractivity contribution in [1.29, 1.82) is 0 Å². The first-order valence-corrected chi connectivity index (χ1v) is 7.60. The highest BCUT2D eigenvalue weighted by Crippen LogP contribution is 2.20. The number of ether oxygens (including phenoxy) is 1. The third kappa shape index (κ3) is 3.04. The lowest BCUT2D eigenvalue weighted by Crippen LogP contribution is -2.58. The second kappa shape index (κ2) is 5.77. The molecule has 4 amide bonds. The number of nitrogens with one attached hydrogen (secondary N) is 1. The zero-order chi connectivity index (χ0) is 17.5. The number of amides is 4. The first-order valence-electron chi connectivity index (χ1n) is 7.60. The average molecular weight is 335 g/mol. The molecule has 0 unspecified atom stereocenters. The fourth-order valence-corrected chi connectivity index (χ4v) is 2.62. The molecule has 0 spiro atoms. The topological polar surface area (TPSA) is 79.0 Å². The molecule has 128 valence electrons. The maximum atomic E-state index is 12.8. The Labute approximate surface area is 138 Å². The van der Waals surface area contributed by atoms with Crippen molar-refractivity contribution in [1.82, 2.24) is 15.1 Å². The highest BCUT2D eigenvalue weighted by molar-refractivity contribution is 6.08. The molecule has 2 heterocycles. The summed E-state index contributed by atoms with van der Waals surface area (Å²) < 4.78 is 18.4. The normalized spacial score (nSPS) is 20.0. The number of rotatable bonds is 4. The van der Waals surface area contributed by atoms with Crippen LogP contribution in [0.25, 0.3) is 0 Å². The number of nitrogens with zero attached hydrogens (tertiary/aromatic N) is 2. The maximum absolute atomic E-state index is 12.8. The largest absolute Gasteiger partial charge is 0.487 e. The highest BCUT2D eigenvalue weighted by atomic mass is 19.1. The Morgan fingerprint density at radius 1 is 1.29 bits per heavy atom. The van der Waals surface area contributed by atoms with Gasteiger partial charge >= 0.3 is 6.03 Å². The van der Waals surface area contributed by atoms with Crippen molar-refractivity contribution < 1.29 is 23.5 Å². The quantitative estimate of drug-likeness (QED) is 0.824. The van der Waals surface area contributed by atoms with Crippen LogP contribution in [0.1, 0.15) is 13.8 Å². The minimum atomic E-state index is -0.986. The minimum absolute atomic E-state index is 0.182. The van der Waals surface area contributed by atoms with Gasteiger partial charge in [0.25, 0.3) is 5.91 Å². The molecule has 0 saturated carbocycles. The van der Waals surface area contributed by atoms with Gasteiger partial charge in [0.15, 0.2) is 0 Å². The second-order valence-electron chi connectivity index (χ2n) is 6.44. The monoisotopic (exact) mass is 335 g/mol. The van der Waals surface area contributed by atoms with Crippen LogP contribution in [0.5, 0.6) is 5.75 Å². The van der Waals surface area contributed by atoms with E-state index < -0.39 is 17.5 Å². The molecule has 7 nitrogen and oxygen atoms in total. The van der Waals surface area contributed by atoms with Gasteiger partial charge in [0.05, 0.1) is 13.1 Å². The zero-order valence-electron chi connectivity index (χ0n) is 13.4. The molecule has 3 rings (SSSR count). The van der Waals surface area contributed by atoms with E-state index in [4.69, 9.17) is 4.74 Å². The highest BCUT2D eigenvalue weighted by Gasteiger charge is 2.46. The number of carbonyl (C=O) groups excluding carboxylic acids is 3. The van der Waals surface area contributed by atoms with Crippen LogP contribution in [0.2, 0.25) is 0 Å². The average Bonchev–Trinajstić information content (AvgIpc) is 2.66. The van der Waals surface area contributed by atoms with Crippen LogP contribution in [0.4, 0.5) is 9.18 Å². The summed E-state index contributed by atoms with van der Waals surface area (Å²) in [4.78, 5) is 38.4. The molecule has 2 fully saturated rings. The van der Waals surface area contributed by atoms with E-state index in [0.29, 0.717) is 18.8 Å². The molecule has 0 bridgehead atoms. The lowest BCUT2D eigenvalue weighted by molar-refractivity contribution is -0.144. The molecule has 0 radical (unpaired) electrons. The molecular weight excluding hydrogens is 317 g/mol.